The summed E-state index contributed by atoms with van der Waals surface area (Å²) in [6.45, 7) is 1.49. The molecule has 2 aromatic heterocycles. The van der Waals surface area contributed by atoms with Crippen LogP contribution in [-0.4, -0.2) is 39.6 Å². The van der Waals surface area contributed by atoms with E-state index in [0.29, 0.717) is 5.56 Å². The lowest BCUT2D eigenvalue weighted by molar-refractivity contribution is -0.137. The Morgan fingerprint density at radius 1 is 1.16 bits per heavy atom. The summed E-state index contributed by atoms with van der Waals surface area (Å²) in [5.74, 6) is -1.45. The van der Waals surface area contributed by atoms with Gasteiger partial charge in [0, 0.05) is 12.6 Å². The van der Waals surface area contributed by atoms with Crippen molar-refractivity contribution in [2.45, 2.75) is 13.1 Å². The van der Waals surface area contributed by atoms with Crippen molar-refractivity contribution in [2.75, 3.05) is 7.11 Å². The van der Waals surface area contributed by atoms with E-state index in [9.17, 15) is 27.9 Å². The monoisotopic (exact) mass is 466 g/mol. The van der Waals surface area contributed by atoms with Crippen LogP contribution in [0.2, 0.25) is 0 Å². The van der Waals surface area contributed by atoms with Gasteiger partial charge in [0.1, 0.15) is 10.6 Å². The number of nitrogens with one attached hydrogen (secondary N) is 1. The van der Waals surface area contributed by atoms with Crippen LogP contribution in [0.25, 0.3) is 11.3 Å². The van der Waals surface area contributed by atoms with Gasteiger partial charge < -0.3 is 9.84 Å². The van der Waals surface area contributed by atoms with Crippen molar-refractivity contribution in [1.82, 2.24) is 15.2 Å². The van der Waals surface area contributed by atoms with E-state index < -0.39 is 23.6 Å². The Balaban J connectivity index is 1.81. The van der Waals surface area contributed by atoms with Crippen LogP contribution >= 0.6 is 11.3 Å². The van der Waals surface area contributed by atoms with Crippen LogP contribution in [-0.2, 0) is 18.0 Å². The molecule has 0 saturated carbocycles. The van der Waals surface area contributed by atoms with Crippen LogP contribution < -0.4 is 5.43 Å². The summed E-state index contributed by atoms with van der Waals surface area (Å²) in [5, 5.41) is 18.7. The molecule has 0 spiro atoms. The number of hydrazone groups is 1. The number of nitrogens with zero attached hydrogens (tertiary/aromatic N) is 3. The van der Waals surface area contributed by atoms with Crippen molar-refractivity contribution < 1.29 is 32.6 Å². The van der Waals surface area contributed by atoms with Crippen LogP contribution in [0.4, 0.5) is 13.2 Å². The Morgan fingerprint density at radius 3 is 2.38 bits per heavy atom. The molecule has 0 aliphatic rings. The number of alkyl halides is 3. The molecule has 3 rings (SSSR count). The van der Waals surface area contributed by atoms with Crippen LogP contribution in [0.15, 0.2) is 41.5 Å². The first kappa shape index (κ1) is 23.0. The topological polar surface area (TPSA) is 106 Å². The molecule has 0 radical (unpaired) electrons. The van der Waals surface area contributed by atoms with E-state index >= 15 is 0 Å². The van der Waals surface area contributed by atoms with Crippen molar-refractivity contribution in [2.24, 2.45) is 12.1 Å². The number of aromatic nitrogens is 2. The zero-order valence-corrected chi connectivity index (χ0v) is 17.8. The molecule has 0 saturated heterocycles. The van der Waals surface area contributed by atoms with Crippen LogP contribution in [0.5, 0.6) is 5.75 Å². The summed E-state index contributed by atoms with van der Waals surface area (Å²) in [5.41, 5.74) is 2.22. The highest BCUT2D eigenvalue weighted by atomic mass is 32.1. The molecule has 0 aliphatic carbocycles. The molecule has 0 aliphatic heterocycles. The number of halogens is 3. The molecule has 8 nitrogen and oxygen atoms in total. The van der Waals surface area contributed by atoms with Crippen molar-refractivity contribution in [3.8, 4) is 17.0 Å². The molecule has 0 fully saturated rings. The van der Waals surface area contributed by atoms with Crippen molar-refractivity contribution >= 4 is 28.9 Å². The summed E-state index contributed by atoms with van der Waals surface area (Å²) >= 11 is 0.926. The number of ether oxygens (including phenoxy) is 1. The van der Waals surface area contributed by atoms with Crippen LogP contribution in [0.1, 0.15) is 37.5 Å². The highest BCUT2D eigenvalue weighted by Crippen LogP contribution is 2.35. The number of carbonyl (C=O) groups excluding carboxylic acids is 2. The lowest BCUT2D eigenvalue weighted by Crippen LogP contribution is -2.18. The maximum atomic E-state index is 12.8. The first-order valence-corrected chi connectivity index (χ1v) is 9.81. The van der Waals surface area contributed by atoms with Gasteiger partial charge in [0.2, 0.25) is 0 Å². The third-order valence-corrected chi connectivity index (χ3v) is 5.46. The third kappa shape index (κ3) is 4.64. The Labute approximate surface area is 183 Å². The highest BCUT2D eigenvalue weighted by Gasteiger charge is 2.30. The summed E-state index contributed by atoms with van der Waals surface area (Å²) in [6.07, 6.45) is -4.47. The predicted octanol–water partition coefficient (Wildman–Crippen LogP) is 3.81. The number of esters is 1. The van der Waals surface area contributed by atoms with Crippen LogP contribution in [0, 0.1) is 0 Å². The maximum absolute atomic E-state index is 12.8. The Kier molecular flexibility index (Phi) is 6.35. The molecule has 1 aromatic carbocycles. The van der Waals surface area contributed by atoms with Gasteiger partial charge in [0.05, 0.1) is 23.3 Å². The number of carbonyl (C=O) groups is 2. The minimum Gasteiger partial charge on any atom is -0.504 e. The largest absolute Gasteiger partial charge is 0.504 e. The summed E-state index contributed by atoms with van der Waals surface area (Å²) in [4.78, 5) is 24.2. The average Bonchev–Trinajstić information content (AvgIpc) is 3.35. The average molecular weight is 466 g/mol. The van der Waals surface area contributed by atoms with Crippen molar-refractivity contribution in [1.29, 1.82) is 0 Å². The second kappa shape index (κ2) is 8.83. The molecule has 168 valence electrons. The number of benzene rings is 1. The highest BCUT2D eigenvalue weighted by molar-refractivity contribution is 7.15. The number of thiophene rings is 1. The second-order valence-electron chi connectivity index (χ2n) is 6.54. The lowest BCUT2D eigenvalue weighted by atomic mass is 10.1. The van der Waals surface area contributed by atoms with Gasteiger partial charge in [-0.25, -0.2) is 10.2 Å². The molecule has 0 atom stereocenters. The summed E-state index contributed by atoms with van der Waals surface area (Å²) < 4.78 is 44.2. The van der Waals surface area contributed by atoms with Gasteiger partial charge in [-0.3, -0.25) is 9.48 Å². The number of aromatic hydroxyl groups is 1. The van der Waals surface area contributed by atoms with E-state index in [2.05, 4.69) is 20.4 Å². The van der Waals surface area contributed by atoms with Crippen molar-refractivity contribution in [3.63, 3.8) is 0 Å². The predicted molar refractivity (Wildman–Crippen MR) is 111 cm³/mol. The van der Waals surface area contributed by atoms with E-state index in [-0.39, 0.29) is 32.6 Å². The molecular formula is C20H17F3N4O4S. The van der Waals surface area contributed by atoms with Gasteiger partial charge in [0.25, 0.3) is 5.91 Å². The van der Waals surface area contributed by atoms with Gasteiger partial charge in [-0.2, -0.15) is 23.4 Å². The number of hydrogen-bond acceptors (Lipinski definition) is 7. The van der Waals surface area contributed by atoms with Gasteiger partial charge in [-0.1, -0.05) is 12.1 Å². The minimum absolute atomic E-state index is 0.0455. The molecule has 2 N–H and O–H groups in total. The molecule has 32 heavy (non-hydrogen) atoms. The van der Waals surface area contributed by atoms with Gasteiger partial charge in [-0.05, 0) is 31.2 Å². The fourth-order valence-corrected chi connectivity index (χ4v) is 3.62. The van der Waals surface area contributed by atoms with Gasteiger partial charge >= 0.3 is 12.1 Å². The molecule has 3 aromatic rings. The van der Waals surface area contributed by atoms with Gasteiger partial charge in [-0.15, -0.1) is 11.3 Å². The molecule has 2 heterocycles. The van der Waals surface area contributed by atoms with Gasteiger partial charge in [0.15, 0.2) is 11.4 Å². The Bertz CT molecular complexity index is 1200. The molecule has 0 unspecified atom stereocenters. The smallest absolute Gasteiger partial charge is 0.416 e. The Hall–Kier alpha value is -3.67. The SMILES string of the molecule is COC(=O)c1ccc(C(=O)NN=C(C)c2nn(C)c(-c3ccc(C(F)(F)F)cc3)c2O)s1. The fourth-order valence-electron chi connectivity index (χ4n) is 2.81. The summed E-state index contributed by atoms with van der Waals surface area (Å²) in [6, 6.07) is 7.17. The maximum Gasteiger partial charge on any atom is 0.416 e. The first-order valence-electron chi connectivity index (χ1n) is 8.99. The van der Waals surface area contributed by atoms with E-state index in [1.54, 1.807) is 0 Å². The molecule has 0 bridgehead atoms. The zero-order chi connectivity index (χ0) is 23.6. The summed E-state index contributed by atoms with van der Waals surface area (Å²) in [7, 11) is 2.75. The number of methoxy groups -OCH3 is 1. The molecular weight excluding hydrogens is 449 g/mol. The number of aryl methyl sites for hydroxylation is 1. The quantitative estimate of drug-likeness (QED) is 0.338. The normalized spacial score (nSPS) is 12.0. The number of rotatable bonds is 5. The third-order valence-electron chi connectivity index (χ3n) is 4.39. The number of hydrogen-bond donors (Lipinski definition) is 2. The van der Waals surface area contributed by atoms with E-state index in [1.807, 2.05) is 0 Å². The van der Waals surface area contributed by atoms with Crippen LogP contribution in [0.3, 0.4) is 0 Å². The standard InChI is InChI=1S/C20H17F3N4O4S/c1-10(24-25-18(29)13-8-9-14(32-13)19(30)31-3)15-17(28)16(27(2)26-15)11-4-6-12(7-5-11)20(21,22)23/h4-9,28H,1-3H3,(H,25,29). The van der Waals surface area contributed by atoms with E-state index in [4.69, 9.17) is 0 Å². The number of amides is 1. The fraction of sp³-hybridized carbons (Fsp3) is 0.200. The zero-order valence-electron chi connectivity index (χ0n) is 17.0. The van der Waals surface area contributed by atoms with E-state index in [0.717, 1.165) is 23.5 Å². The minimum atomic E-state index is -4.47. The Morgan fingerprint density at radius 2 is 1.78 bits per heavy atom. The second-order valence-corrected chi connectivity index (χ2v) is 7.62. The molecule has 1 amide bonds. The molecule has 12 heteroatoms. The van der Waals surface area contributed by atoms with E-state index in [1.165, 1.54) is 50.0 Å². The lowest BCUT2D eigenvalue weighted by Gasteiger charge is -2.08. The van der Waals surface area contributed by atoms with Crippen molar-refractivity contribution in [3.05, 3.63) is 57.4 Å². The first-order chi connectivity index (χ1) is 15.0.